The summed E-state index contributed by atoms with van der Waals surface area (Å²) in [6.45, 7) is 4.79. The molecule has 4 nitrogen and oxygen atoms in total. The Morgan fingerprint density at radius 2 is 1.87 bits per heavy atom. The standard InChI is InChI=1S/C16H22F3NO3/c1-15(2,3)23-14(22)20-9-11(10-21)8-12-6-4-5-7-13(12)16(17,18)19/h4-7,11,21H,8-10H2,1-3H3,(H,20,22). The number of amides is 1. The first-order chi connectivity index (χ1) is 10.5. The molecule has 0 fully saturated rings. The molecule has 0 aliphatic rings. The van der Waals surface area contributed by atoms with Gasteiger partial charge in [-0.3, -0.25) is 0 Å². The Balaban J connectivity index is 2.69. The van der Waals surface area contributed by atoms with Crippen LogP contribution >= 0.6 is 0 Å². The average Bonchev–Trinajstić information content (AvgIpc) is 2.40. The highest BCUT2D eigenvalue weighted by molar-refractivity contribution is 5.67. The Labute approximate surface area is 133 Å². The lowest BCUT2D eigenvalue weighted by Crippen LogP contribution is -2.36. The minimum atomic E-state index is -4.45. The molecule has 1 unspecified atom stereocenters. The predicted octanol–water partition coefficient (Wildman–Crippen LogP) is 3.38. The molecule has 0 saturated carbocycles. The smallest absolute Gasteiger partial charge is 0.416 e. The summed E-state index contributed by atoms with van der Waals surface area (Å²) in [6.07, 6.45) is -5.11. The number of carbonyl (C=O) groups excluding carboxylic acids is 1. The Morgan fingerprint density at radius 3 is 2.39 bits per heavy atom. The van der Waals surface area contributed by atoms with Crippen LogP contribution in [0.15, 0.2) is 24.3 Å². The van der Waals surface area contributed by atoms with Crippen LogP contribution in [0.1, 0.15) is 31.9 Å². The molecule has 0 spiro atoms. The zero-order valence-corrected chi connectivity index (χ0v) is 13.4. The fraction of sp³-hybridized carbons (Fsp3) is 0.562. The maximum Gasteiger partial charge on any atom is 0.416 e. The molecule has 23 heavy (non-hydrogen) atoms. The zero-order valence-electron chi connectivity index (χ0n) is 13.4. The van der Waals surface area contributed by atoms with Crippen molar-refractivity contribution in [1.29, 1.82) is 0 Å². The second kappa shape index (κ2) is 7.68. The van der Waals surface area contributed by atoms with E-state index in [-0.39, 0.29) is 25.1 Å². The van der Waals surface area contributed by atoms with Gasteiger partial charge in [-0.1, -0.05) is 18.2 Å². The quantitative estimate of drug-likeness (QED) is 0.868. The molecule has 130 valence electrons. The van der Waals surface area contributed by atoms with Gasteiger partial charge in [0.1, 0.15) is 5.60 Å². The highest BCUT2D eigenvalue weighted by Gasteiger charge is 2.33. The predicted molar refractivity (Wildman–Crippen MR) is 80.0 cm³/mol. The first-order valence-corrected chi connectivity index (χ1v) is 7.25. The fourth-order valence-electron chi connectivity index (χ4n) is 2.03. The van der Waals surface area contributed by atoms with Crippen LogP contribution in [-0.2, 0) is 17.3 Å². The number of rotatable bonds is 5. The summed E-state index contributed by atoms with van der Waals surface area (Å²) >= 11 is 0. The topological polar surface area (TPSA) is 58.6 Å². The van der Waals surface area contributed by atoms with Crippen molar-refractivity contribution in [3.8, 4) is 0 Å². The highest BCUT2D eigenvalue weighted by atomic mass is 19.4. The van der Waals surface area contributed by atoms with E-state index in [9.17, 15) is 23.1 Å². The number of alkyl halides is 3. The van der Waals surface area contributed by atoms with E-state index in [0.29, 0.717) is 0 Å². The van der Waals surface area contributed by atoms with E-state index in [1.165, 1.54) is 18.2 Å². The normalized spacial score (nSPS) is 13.5. The van der Waals surface area contributed by atoms with Crippen LogP contribution in [-0.4, -0.2) is 30.0 Å². The Bertz CT molecular complexity index is 524. The summed E-state index contributed by atoms with van der Waals surface area (Å²) in [5.41, 5.74) is -1.30. The van der Waals surface area contributed by atoms with E-state index in [1.807, 2.05) is 0 Å². The molecule has 1 atom stereocenters. The highest BCUT2D eigenvalue weighted by Crippen LogP contribution is 2.32. The Morgan fingerprint density at radius 1 is 1.26 bits per heavy atom. The Hall–Kier alpha value is -1.76. The summed E-state index contributed by atoms with van der Waals surface area (Å²) in [4.78, 5) is 11.6. The van der Waals surface area contributed by atoms with Crippen molar-refractivity contribution in [3.05, 3.63) is 35.4 Å². The van der Waals surface area contributed by atoms with E-state index in [1.54, 1.807) is 20.8 Å². The summed E-state index contributed by atoms with van der Waals surface area (Å²) in [6, 6.07) is 5.21. The third-order valence-corrected chi connectivity index (χ3v) is 3.02. The van der Waals surface area contributed by atoms with E-state index in [4.69, 9.17) is 4.74 Å². The van der Waals surface area contributed by atoms with Gasteiger partial charge < -0.3 is 15.2 Å². The van der Waals surface area contributed by atoms with Gasteiger partial charge in [-0.25, -0.2) is 4.79 Å². The van der Waals surface area contributed by atoms with Crippen LogP contribution in [0, 0.1) is 5.92 Å². The first-order valence-electron chi connectivity index (χ1n) is 7.25. The second-order valence-corrected chi connectivity index (χ2v) is 6.29. The van der Waals surface area contributed by atoms with Crippen molar-refractivity contribution in [2.24, 2.45) is 5.92 Å². The van der Waals surface area contributed by atoms with Crippen molar-refractivity contribution >= 4 is 6.09 Å². The minimum Gasteiger partial charge on any atom is -0.444 e. The maximum atomic E-state index is 13.0. The van der Waals surface area contributed by atoms with Gasteiger partial charge in [0, 0.05) is 19.1 Å². The molecular weight excluding hydrogens is 311 g/mol. The molecule has 0 aliphatic carbocycles. The molecule has 0 aliphatic heterocycles. The van der Waals surface area contributed by atoms with Crippen LogP contribution in [0.5, 0.6) is 0 Å². The molecule has 1 rings (SSSR count). The SMILES string of the molecule is CC(C)(C)OC(=O)NCC(CO)Cc1ccccc1C(F)(F)F. The minimum absolute atomic E-state index is 0.00197. The molecule has 1 amide bonds. The van der Waals surface area contributed by atoms with Crippen LogP contribution < -0.4 is 5.32 Å². The molecule has 0 aromatic heterocycles. The number of aliphatic hydroxyl groups is 1. The monoisotopic (exact) mass is 333 g/mol. The van der Waals surface area contributed by atoms with Gasteiger partial charge in [0.15, 0.2) is 0 Å². The van der Waals surface area contributed by atoms with Crippen LogP contribution in [0.25, 0.3) is 0 Å². The third kappa shape index (κ3) is 6.90. The van der Waals surface area contributed by atoms with Gasteiger partial charge in [0.2, 0.25) is 0 Å². The average molecular weight is 333 g/mol. The second-order valence-electron chi connectivity index (χ2n) is 6.29. The summed E-state index contributed by atoms with van der Waals surface area (Å²) in [7, 11) is 0. The van der Waals surface area contributed by atoms with Gasteiger partial charge in [-0.15, -0.1) is 0 Å². The Kier molecular flexibility index (Phi) is 6.44. The summed E-state index contributed by atoms with van der Waals surface area (Å²) in [5.74, 6) is -0.536. The van der Waals surface area contributed by atoms with Gasteiger partial charge in [-0.2, -0.15) is 13.2 Å². The van der Waals surface area contributed by atoms with Gasteiger partial charge in [-0.05, 0) is 38.8 Å². The molecule has 1 aromatic carbocycles. The van der Waals surface area contributed by atoms with Crippen molar-refractivity contribution in [2.75, 3.05) is 13.2 Å². The maximum absolute atomic E-state index is 13.0. The third-order valence-electron chi connectivity index (χ3n) is 3.02. The molecule has 0 bridgehead atoms. The summed E-state index contributed by atoms with van der Waals surface area (Å²) < 4.78 is 43.9. The van der Waals surface area contributed by atoms with Crippen molar-refractivity contribution in [3.63, 3.8) is 0 Å². The molecule has 0 heterocycles. The van der Waals surface area contributed by atoms with Gasteiger partial charge in [0.05, 0.1) is 5.56 Å². The molecule has 7 heteroatoms. The van der Waals surface area contributed by atoms with E-state index in [2.05, 4.69) is 5.32 Å². The lowest BCUT2D eigenvalue weighted by molar-refractivity contribution is -0.138. The van der Waals surface area contributed by atoms with Gasteiger partial charge >= 0.3 is 12.3 Å². The molecule has 0 saturated heterocycles. The number of benzene rings is 1. The van der Waals surface area contributed by atoms with Crippen molar-refractivity contribution in [1.82, 2.24) is 5.32 Å². The number of hydrogen-bond donors (Lipinski definition) is 2. The lowest BCUT2D eigenvalue weighted by Gasteiger charge is -2.22. The van der Waals surface area contributed by atoms with Crippen molar-refractivity contribution in [2.45, 2.75) is 39.0 Å². The number of carbonyl (C=O) groups is 1. The number of alkyl carbamates (subject to hydrolysis) is 1. The fourth-order valence-corrected chi connectivity index (χ4v) is 2.03. The molecule has 0 radical (unpaired) electrons. The molecule has 2 N–H and O–H groups in total. The van der Waals surface area contributed by atoms with Crippen LogP contribution in [0.4, 0.5) is 18.0 Å². The van der Waals surface area contributed by atoms with Crippen molar-refractivity contribution < 1.29 is 27.8 Å². The largest absolute Gasteiger partial charge is 0.444 e. The van der Waals surface area contributed by atoms with E-state index >= 15 is 0 Å². The number of aliphatic hydroxyl groups excluding tert-OH is 1. The number of ether oxygens (including phenoxy) is 1. The van der Waals surface area contributed by atoms with E-state index in [0.717, 1.165) is 6.07 Å². The summed E-state index contributed by atoms with van der Waals surface area (Å²) in [5, 5.41) is 11.8. The number of halogens is 3. The zero-order chi connectivity index (χ0) is 17.7. The molecule has 1 aromatic rings. The first kappa shape index (κ1) is 19.3. The molecular formula is C16H22F3NO3. The van der Waals surface area contributed by atoms with Crippen LogP contribution in [0.3, 0.4) is 0 Å². The van der Waals surface area contributed by atoms with Gasteiger partial charge in [0.25, 0.3) is 0 Å². The van der Waals surface area contributed by atoms with Crippen LogP contribution in [0.2, 0.25) is 0 Å². The lowest BCUT2D eigenvalue weighted by atomic mass is 9.95. The van der Waals surface area contributed by atoms with E-state index < -0.39 is 29.4 Å². The number of hydrogen-bond acceptors (Lipinski definition) is 3. The number of nitrogens with one attached hydrogen (secondary N) is 1.